The van der Waals surface area contributed by atoms with Crippen LogP contribution in [0.1, 0.15) is 62.3 Å². The first-order chi connectivity index (χ1) is 12.2. The van der Waals surface area contributed by atoms with Crippen molar-refractivity contribution in [1.82, 2.24) is 0 Å². The van der Waals surface area contributed by atoms with Gasteiger partial charge in [0.25, 0.3) is 0 Å². The highest BCUT2D eigenvalue weighted by atomic mass is 28.4. The molecule has 0 amide bonds. The maximum absolute atomic E-state index is 6.62. The Labute approximate surface area is 176 Å². The lowest BCUT2D eigenvalue weighted by Gasteiger charge is -2.42. The molecular formula is C22H44O4Si2. The van der Waals surface area contributed by atoms with Crippen LogP contribution in [0.15, 0.2) is 0 Å². The second-order valence-electron chi connectivity index (χ2n) is 11.6. The molecule has 0 bridgehead atoms. The van der Waals surface area contributed by atoms with Crippen molar-refractivity contribution in [2.45, 2.75) is 129 Å². The number of rotatable bonds is 6. The summed E-state index contributed by atoms with van der Waals surface area (Å²) in [5.41, 5.74) is 0. The number of hydrogen-bond acceptors (Lipinski definition) is 4. The minimum atomic E-state index is -2.05. The fourth-order valence-electron chi connectivity index (χ4n) is 2.81. The zero-order valence-electron chi connectivity index (χ0n) is 20.5. The van der Waals surface area contributed by atoms with E-state index in [2.05, 4.69) is 80.6 Å². The monoisotopic (exact) mass is 428 g/mol. The molecule has 4 atom stereocenters. The Bertz CT molecular complexity index is 579. The summed E-state index contributed by atoms with van der Waals surface area (Å²) in [5.74, 6) is 2.14. The summed E-state index contributed by atoms with van der Waals surface area (Å²) >= 11 is 0. The predicted molar refractivity (Wildman–Crippen MR) is 122 cm³/mol. The Hall–Kier alpha value is -0.166. The van der Waals surface area contributed by atoms with Crippen LogP contribution in [-0.4, -0.2) is 46.8 Å². The standard InChI is InChI=1S/C22H44O4Si2/c1-15-17(26-28(13,14)21(6,7)8)19-18(23-22(9,10)24-19)16(2)25-27(11,12)20(3,4)5/h1,16-19H,2-14H3/t16-,17-,18-,19-/m0/s1. The van der Waals surface area contributed by atoms with Gasteiger partial charge in [0, 0.05) is 0 Å². The molecule has 1 aliphatic heterocycles. The average Bonchev–Trinajstić information content (AvgIpc) is 2.78. The first-order valence-electron chi connectivity index (χ1n) is 10.4. The smallest absolute Gasteiger partial charge is 0.193 e. The molecule has 1 rings (SSSR count). The van der Waals surface area contributed by atoms with Gasteiger partial charge >= 0.3 is 0 Å². The summed E-state index contributed by atoms with van der Waals surface area (Å²) in [6.45, 7) is 28.2. The Balaban J connectivity index is 3.12. The summed E-state index contributed by atoms with van der Waals surface area (Å²) < 4.78 is 25.7. The van der Waals surface area contributed by atoms with Gasteiger partial charge in [0.15, 0.2) is 22.4 Å². The van der Waals surface area contributed by atoms with E-state index in [1.165, 1.54) is 0 Å². The van der Waals surface area contributed by atoms with Crippen LogP contribution in [0.5, 0.6) is 0 Å². The van der Waals surface area contributed by atoms with Crippen LogP contribution in [-0.2, 0) is 18.3 Å². The van der Waals surface area contributed by atoms with Gasteiger partial charge in [0.2, 0.25) is 0 Å². The fraction of sp³-hybridized carbons (Fsp3) is 0.909. The fourth-order valence-corrected chi connectivity index (χ4v) is 5.42. The van der Waals surface area contributed by atoms with Crippen LogP contribution in [0.25, 0.3) is 0 Å². The average molecular weight is 429 g/mol. The molecule has 0 radical (unpaired) electrons. The van der Waals surface area contributed by atoms with Crippen LogP contribution in [0.4, 0.5) is 0 Å². The van der Waals surface area contributed by atoms with Gasteiger partial charge in [-0.25, -0.2) is 0 Å². The summed E-state index contributed by atoms with van der Waals surface area (Å²) in [4.78, 5) is 0. The van der Waals surface area contributed by atoms with Crippen molar-refractivity contribution in [2.24, 2.45) is 0 Å². The summed E-state index contributed by atoms with van der Waals surface area (Å²) in [6.07, 6.45) is 4.72. The van der Waals surface area contributed by atoms with Crippen molar-refractivity contribution >= 4 is 16.6 Å². The van der Waals surface area contributed by atoms with Gasteiger partial charge in [0.1, 0.15) is 18.3 Å². The SMILES string of the molecule is C#C[C@H](O[Si](C)(C)C(C)(C)C)[C@@H]1OC(C)(C)O[C@H]1[C@H](C)O[Si](C)(C)C(C)(C)C. The van der Waals surface area contributed by atoms with Gasteiger partial charge in [0.05, 0.1) is 6.10 Å². The van der Waals surface area contributed by atoms with Crippen molar-refractivity contribution in [1.29, 1.82) is 0 Å². The van der Waals surface area contributed by atoms with E-state index >= 15 is 0 Å². The molecule has 1 heterocycles. The second-order valence-corrected chi connectivity index (χ2v) is 21.1. The van der Waals surface area contributed by atoms with Crippen molar-refractivity contribution in [3.05, 3.63) is 0 Å². The zero-order chi connectivity index (χ0) is 22.3. The van der Waals surface area contributed by atoms with Gasteiger partial charge in [-0.2, -0.15) is 0 Å². The number of hydrogen-bond donors (Lipinski definition) is 0. The van der Waals surface area contributed by atoms with Crippen LogP contribution < -0.4 is 0 Å². The van der Waals surface area contributed by atoms with Crippen molar-refractivity contribution in [3.63, 3.8) is 0 Å². The van der Waals surface area contributed by atoms with E-state index in [0.717, 1.165) is 0 Å². The number of terminal acetylenes is 1. The van der Waals surface area contributed by atoms with Gasteiger partial charge < -0.3 is 18.3 Å². The second kappa shape index (κ2) is 8.16. The molecule has 0 N–H and O–H groups in total. The molecule has 0 saturated carbocycles. The minimum absolute atomic E-state index is 0.0653. The lowest BCUT2D eigenvalue weighted by Crippen LogP contribution is -2.52. The van der Waals surface area contributed by atoms with Crippen molar-refractivity contribution in [2.75, 3.05) is 0 Å². The molecule has 164 valence electrons. The molecule has 1 saturated heterocycles. The molecule has 0 spiro atoms. The largest absolute Gasteiger partial charge is 0.411 e. The van der Waals surface area contributed by atoms with E-state index in [1.54, 1.807) is 0 Å². The molecule has 0 aromatic rings. The maximum atomic E-state index is 6.62. The molecule has 0 aliphatic carbocycles. The Morgan fingerprint density at radius 2 is 1.25 bits per heavy atom. The van der Waals surface area contributed by atoms with Crippen LogP contribution >= 0.6 is 0 Å². The summed E-state index contributed by atoms with van der Waals surface area (Å²) in [6, 6.07) is 0. The van der Waals surface area contributed by atoms with Crippen LogP contribution in [0.3, 0.4) is 0 Å². The lowest BCUT2D eigenvalue weighted by molar-refractivity contribution is -0.156. The first kappa shape index (κ1) is 25.9. The highest BCUT2D eigenvalue weighted by molar-refractivity contribution is 6.74. The lowest BCUT2D eigenvalue weighted by atomic mass is 10.0. The van der Waals surface area contributed by atoms with E-state index in [0.29, 0.717) is 0 Å². The molecule has 4 nitrogen and oxygen atoms in total. The van der Waals surface area contributed by atoms with E-state index in [9.17, 15) is 0 Å². The van der Waals surface area contributed by atoms with Crippen molar-refractivity contribution < 1.29 is 18.3 Å². The van der Waals surface area contributed by atoms with E-state index in [1.807, 2.05) is 13.8 Å². The molecule has 28 heavy (non-hydrogen) atoms. The van der Waals surface area contributed by atoms with Gasteiger partial charge in [-0.05, 0) is 57.0 Å². The molecule has 0 unspecified atom stereocenters. The topological polar surface area (TPSA) is 36.9 Å². The third kappa shape index (κ3) is 5.93. The third-order valence-electron chi connectivity index (χ3n) is 6.60. The van der Waals surface area contributed by atoms with Gasteiger partial charge in [-0.1, -0.05) is 47.5 Å². The molecule has 0 aromatic carbocycles. The zero-order valence-corrected chi connectivity index (χ0v) is 22.5. The van der Waals surface area contributed by atoms with Crippen molar-refractivity contribution in [3.8, 4) is 12.3 Å². The summed E-state index contributed by atoms with van der Waals surface area (Å²) in [7, 11) is -4.01. The third-order valence-corrected chi connectivity index (χ3v) is 15.6. The quantitative estimate of drug-likeness (QED) is 0.387. The predicted octanol–water partition coefficient (Wildman–Crippen LogP) is 5.94. The van der Waals surface area contributed by atoms with Gasteiger partial charge in [-0.15, -0.1) is 6.42 Å². The van der Waals surface area contributed by atoms with Gasteiger partial charge in [-0.3, -0.25) is 0 Å². The van der Waals surface area contributed by atoms with E-state index in [4.69, 9.17) is 24.7 Å². The number of ether oxygens (including phenoxy) is 2. The molecule has 6 heteroatoms. The highest BCUT2D eigenvalue weighted by Crippen LogP contribution is 2.42. The normalized spacial score (nSPS) is 26.0. The molecule has 1 fully saturated rings. The summed E-state index contributed by atoms with van der Waals surface area (Å²) in [5, 5.41) is 0.185. The molecule has 0 aromatic heterocycles. The highest BCUT2D eigenvalue weighted by Gasteiger charge is 2.52. The maximum Gasteiger partial charge on any atom is 0.193 e. The Kier molecular flexibility index (Phi) is 7.54. The Morgan fingerprint density at radius 3 is 1.64 bits per heavy atom. The Morgan fingerprint density at radius 1 is 0.857 bits per heavy atom. The van der Waals surface area contributed by atoms with Crippen LogP contribution in [0.2, 0.25) is 36.3 Å². The minimum Gasteiger partial charge on any atom is -0.411 e. The van der Waals surface area contributed by atoms with E-state index < -0.39 is 28.5 Å². The molecular weight excluding hydrogens is 384 g/mol. The van der Waals surface area contributed by atoms with Crippen LogP contribution in [0, 0.1) is 12.3 Å². The first-order valence-corrected chi connectivity index (χ1v) is 16.2. The molecule has 1 aliphatic rings. The van der Waals surface area contributed by atoms with E-state index in [-0.39, 0.29) is 28.4 Å².